The van der Waals surface area contributed by atoms with Crippen molar-refractivity contribution < 1.29 is 14.3 Å². The number of rotatable bonds is 7. The molecule has 0 saturated heterocycles. The van der Waals surface area contributed by atoms with Gasteiger partial charge in [-0.3, -0.25) is 9.59 Å². The number of nitrogens with one attached hydrogen (secondary N) is 2. The number of carbonyl (C=O) groups is 2. The lowest BCUT2D eigenvalue weighted by molar-refractivity contribution is -0.118. The third-order valence-electron chi connectivity index (χ3n) is 4.50. The number of halogens is 3. The smallest absolute Gasteiger partial charge is 0.266 e. The average Bonchev–Trinajstić information content (AvgIpc) is 2.80. The first-order valence-corrected chi connectivity index (χ1v) is 11.1. The molecule has 172 valence electrons. The normalized spacial score (nSPS) is 10.9. The Morgan fingerprint density at radius 1 is 0.971 bits per heavy atom. The van der Waals surface area contributed by atoms with Crippen molar-refractivity contribution in [1.29, 1.82) is 5.26 Å². The van der Waals surface area contributed by atoms with Crippen molar-refractivity contribution in [2.75, 3.05) is 17.2 Å². The number of carbonyl (C=O) groups excluding carboxylic acids is 2. The first kappa shape index (κ1) is 25.1. The van der Waals surface area contributed by atoms with Crippen molar-refractivity contribution in [3.8, 4) is 11.8 Å². The summed E-state index contributed by atoms with van der Waals surface area (Å²) in [6.07, 6.45) is 1.33. The minimum atomic E-state index is -0.643. The van der Waals surface area contributed by atoms with Crippen LogP contribution in [0.1, 0.15) is 11.1 Å². The maximum atomic E-state index is 12.5. The van der Waals surface area contributed by atoms with Crippen molar-refractivity contribution in [2.45, 2.75) is 6.92 Å². The van der Waals surface area contributed by atoms with Gasteiger partial charge in [-0.1, -0.05) is 64.6 Å². The van der Waals surface area contributed by atoms with Gasteiger partial charge in [-0.2, -0.15) is 5.26 Å². The molecular formula is C25H18Cl3N3O3. The molecule has 0 bridgehead atoms. The number of nitrogens with zero attached hydrogens (tertiary/aromatic N) is 1. The molecule has 0 unspecified atom stereocenters. The van der Waals surface area contributed by atoms with E-state index in [-0.39, 0.29) is 33.9 Å². The summed E-state index contributed by atoms with van der Waals surface area (Å²) in [5.41, 5.74) is 2.30. The molecule has 0 radical (unpaired) electrons. The summed E-state index contributed by atoms with van der Waals surface area (Å²) in [6, 6.07) is 18.8. The third kappa shape index (κ3) is 6.75. The molecule has 3 aromatic carbocycles. The van der Waals surface area contributed by atoms with E-state index in [9.17, 15) is 14.9 Å². The van der Waals surface area contributed by atoms with E-state index in [2.05, 4.69) is 10.6 Å². The molecule has 0 aromatic heterocycles. The minimum absolute atomic E-state index is 0.110. The molecule has 0 aliphatic rings. The van der Waals surface area contributed by atoms with Gasteiger partial charge in [0.15, 0.2) is 12.4 Å². The molecule has 0 saturated carbocycles. The Morgan fingerprint density at radius 3 is 2.24 bits per heavy atom. The van der Waals surface area contributed by atoms with E-state index in [4.69, 9.17) is 39.5 Å². The zero-order valence-corrected chi connectivity index (χ0v) is 20.1. The van der Waals surface area contributed by atoms with Gasteiger partial charge in [-0.15, -0.1) is 0 Å². The van der Waals surface area contributed by atoms with E-state index < -0.39 is 5.91 Å². The largest absolute Gasteiger partial charge is 0.481 e. The first-order chi connectivity index (χ1) is 16.3. The molecule has 34 heavy (non-hydrogen) atoms. The summed E-state index contributed by atoms with van der Waals surface area (Å²) in [5, 5.41) is 15.3. The second-order valence-corrected chi connectivity index (χ2v) is 8.34. The molecule has 0 fully saturated rings. The molecule has 0 spiro atoms. The van der Waals surface area contributed by atoms with Crippen LogP contribution in [0.3, 0.4) is 0 Å². The topological polar surface area (TPSA) is 91.2 Å². The van der Waals surface area contributed by atoms with Gasteiger partial charge in [0.1, 0.15) is 11.6 Å². The highest BCUT2D eigenvalue weighted by Gasteiger charge is 2.15. The number of amides is 2. The molecule has 0 atom stereocenters. The fourth-order valence-electron chi connectivity index (χ4n) is 2.84. The van der Waals surface area contributed by atoms with Crippen molar-refractivity contribution in [1.82, 2.24) is 0 Å². The summed E-state index contributed by atoms with van der Waals surface area (Å²) in [4.78, 5) is 24.7. The van der Waals surface area contributed by atoms with E-state index >= 15 is 0 Å². The predicted octanol–water partition coefficient (Wildman–Crippen LogP) is 6.52. The van der Waals surface area contributed by atoms with Gasteiger partial charge in [0.25, 0.3) is 11.8 Å². The van der Waals surface area contributed by atoms with Crippen LogP contribution in [0.25, 0.3) is 6.08 Å². The number of aryl methyl sites for hydroxylation is 1. The van der Waals surface area contributed by atoms with Crippen LogP contribution in [0.15, 0.2) is 66.2 Å². The summed E-state index contributed by atoms with van der Waals surface area (Å²) < 4.78 is 5.50. The van der Waals surface area contributed by atoms with E-state index in [1.807, 2.05) is 25.1 Å². The number of para-hydroxylation sites is 1. The molecule has 9 heteroatoms. The van der Waals surface area contributed by atoms with E-state index in [1.54, 1.807) is 36.4 Å². The summed E-state index contributed by atoms with van der Waals surface area (Å²) in [5.74, 6) is -0.919. The summed E-state index contributed by atoms with van der Waals surface area (Å²) >= 11 is 18.6. The van der Waals surface area contributed by atoms with Crippen LogP contribution in [0, 0.1) is 18.3 Å². The monoisotopic (exact) mass is 513 g/mol. The molecule has 6 nitrogen and oxygen atoms in total. The Kier molecular flexibility index (Phi) is 8.55. The number of benzene rings is 3. The van der Waals surface area contributed by atoms with Crippen molar-refractivity contribution in [2.24, 2.45) is 0 Å². The lowest BCUT2D eigenvalue weighted by Crippen LogP contribution is -2.20. The fourth-order valence-corrected chi connectivity index (χ4v) is 3.64. The van der Waals surface area contributed by atoms with Crippen molar-refractivity contribution >= 4 is 64.1 Å². The zero-order chi connectivity index (χ0) is 24.7. The van der Waals surface area contributed by atoms with Gasteiger partial charge < -0.3 is 15.4 Å². The number of ether oxygens (including phenoxy) is 1. The van der Waals surface area contributed by atoms with Gasteiger partial charge in [0.2, 0.25) is 0 Å². The van der Waals surface area contributed by atoms with Crippen LogP contribution in [0.5, 0.6) is 5.75 Å². The molecular weight excluding hydrogens is 497 g/mol. The lowest BCUT2D eigenvalue weighted by atomic mass is 10.1. The summed E-state index contributed by atoms with van der Waals surface area (Å²) in [7, 11) is 0. The highest BCUT2D eigenvalue weighted by atomic mass is 35.5. The maximum absolute atomic E-state index is 12.5. The first-order valence-electron chi connectivity index (χ1n) is 9.93. The number of hydrogen-bond acceptors (Lipinski definition) is 4. The maximum Gasteiger partial charge on any atom is 0.266 e. The Balaban J connectivity index is 1.69. The standard InChI is InChI=1S/C25H18Cl3N3O3/c1-15-6-8-18(9-7-15)30-23(32)14-34-24-20(27)11-16(12-21(24)28)10-17(13-29)25(33)31-22-5-3-2-4-19(22)26/h2-12H,14H2,1H3,(H,30,32)(H,31,33)/b17-10+. The van der Waals surface area contributed by atoms with Gasteiger partial charge in [-0.05, 0) is 55.0 Å². The quantitative estimate of drug-likeness (QED) is 0.277. The number of hydrogen-bond donors (Lipinski definition) is 2. The second kappa shape index (κ2) is 11.6. The van der Waals surface area contributed by atoms with Crippen LogP contribution in [0.4, 0.5) is 11.4 Å². The number of anilines is 2. The molecule has 2 N–H and O–H groups in total. The SMILES string of the molecule is Cc1ccc(NC(=O)COc2c(Cl)cc(/C=C(\C#N)C(=O)Nc3ccccc3Cl)cc2Cl)cc1. The Morgan fingerprint density at radius 2 is 1.62 bits per heavy atom. The minimum Gasteiger partial charge on any atom is -0.481 e. The second-order valence-electron chi connectivity index (χ2n) is 7.12. The van der Waals surface area contributed by atoms with Crippen LogP contribution < -0.4 is 15.4 Å². The average molecular weight is 515 g/mol. The molecule has 3 aromatic rings. The van der Waals surface area contributed by atoms with E-state index in [0.29, 0.717) is 22.0 Å². The highest BCUT2D eigenvalue weighted by Crippen LogP contribution is 2.35. The molecule has 0 aliphatic heterocycles. The summed E-state index contributed by atoms with van der Waals surface area (Å²) in [6.45, 7) is 1.63. The molecule has 0 heterocycles. The van der Waals surface area contributed by atoms with E-state index in [1.165, 1.54) is 18.2 Å². The van der Waals surface area contributed by atoms with Crippen molar-refractivity contribution in [3.63, 3.8) is 0 Å². The predicted molar refractivity (Wildman–Crippen MR) is 135 cm³/mol. The third-order valence-corrected chi connectivity index (χ3v) is 5.39. The number of nitriles is 1. The van der Waals surface area contributed by atoms with Crippen LogP contribution in [-0.2, 0) is 9.59 Å². The van der Waals surface area contributed by atoms with Gasteiger partial charge in [-0.25, -0.2) is 0 Å². The van der Waals surface area contributed by atoms with E-state index in [0.717, 1.165) is 5.56 Å². The van der Waals surface area contributed by atoms with Crippen LogP contribution in [-0.4, -0.2) is 18.4 Å². The fraction of sp³-hybridized carbons (Fsp3) is 0.0800. The molecule has 0 aliphatic carbocycles. The Bertz CT molecular complexity index is 1280. The molecule has 3 rings (SSSR count). The van der Waals surface area contributed by atoms with Crippen LogP contribution in [0.2, 0.25) is 15.1 Å². The van der Waals surface area contributed by atoms with Gasteiger partial charge in [0, 0.05) is 5.69 Å². The Labute approximate surface area is 211 Å². The zero-order valence-electron chi connectivity index (χ0n) is 17.9. The van der Waals surface area contributed by atoms with Gasteiger partial charge in [0.05, 0.1) is 20.8 Å². The highest BCUT2D eigenvalue weighted by molar-refractivity contribution is 6.37. The molecule has 2 amide bonds. The van der Waals surface area contributed by atoms with Crippen LogP contribution >= 0.6 is 34.8 Å². The van der Waals surface area contributed by atoms with Gasteiger partial charge >= 0.3 is 0 Å². The lowest BCUT2D eigenvalue weighted by Gasteiger charge is -2.11. The Hall–Kier alpha value is -3.50. The van der Waals surface area contributed by atoms with Crippen molar-refractivity contribution in [3.05, 3.63) is 92.4 Å².